The Morgan fingerprint density at radius 2 is 2.44 bits per heavy atom. The quantitative estimate of drug-likeness (QED) is 0.388. The zero-order chi connectivity index (χ0) is 6.27. The number of rotatable bonds is 1. The average Bonchev–Trinajstić information content (AvgIpc) is 2.45. The summed E-state index contributed by atoms with van der Waals surface area (Å²) in [5, 5.41) is 0. The minimum absolute atomic E-state index is 0.701. The van der Waals surface area contributed by atoms with Crippen molar-refractivity contribution in [1.82, 2.24) is 0 Å². The van der Waals surface area contributed by atoms with Gasteiger partial charge in [-0.3, -0.25) is 0 Å². The standard InChI is InChI=1S/C8H9Cl/c9-5-8-4-6-1-2-7(8)3-6/h1-2,4,6-7H,3,5H2. The first-order chi connectivity index (χ1) is 4.40. The predicted octanol–water partition coefficient (Wildman–Crippen LogP) is 2.36. The molecule has 2 atom stereocenters. The van der Waals surface area contributed by atoms with E-state index in [1.54, 1.807) is 0 Å². The summed E-state index contributed by atoms with van der Waals surface area (Å²) >= 11 is 5.70. The number of halogens is 1. The second-order valence-corrected chi connectivity index (χ2v) is 3.03. The molecule has 2 unspecified atom stereocenters. The third-order valence-electron chi connectivity index (χ3n) is 2.18. The molecular formula is C8H9Cl. The molecule has 0 amide bonds. The van der Waals surface area contributed by atoms with E-state index in [1.807, 2.05) is 0 Å². The molecule has 2 aliphatic carbocycles. The lowest BCUT2D eigenvalue weighted by Gasteiger charge is -2.03. The van der Waals surface area contributed by atoms with Gasteiger partial charge in [-0.1, -0.05) is 23.8 Å². The second-order valence-electron chi connectivity index (χ2n) is 2.77. The van der Waals surface area contributed by atoms with Crippen LogP contribution in [0, 0.1) is 11.8 Å². The van der Waals surface area contributed by atoms with Gasteiger partial charge in [0.15, 0.2) is 0 Å². The molecule has 0 N–H and O–H groups in total. The lowest BCUT2D eigenvalue weighted by Crippen LogP contribution is -1.93. The maximum Gasteiger partial charge on any atom is 0.0439 e. The molecule has 0 aromatic heterocycles. The van der Waals surface area contributed by atoms with Crippen LogP contribution < -0.4 is 0 Å². The van der Waals surface area contributed by atoms with Crippen molar-refractivity contribution in [1.29, 1.82) is 0 Å². The Kier molecular flexibility index (Phi) is 1.16. The number of hydrogen-bond acceptors (Lipinski definition) is 0. The summed E-state index contributed by atoms with van der Waals surface area (Å²) in [5.74, 6) is 2.15. The third-order valence-corrected chi connectivity index (χ3v) is 2.48. The Balaban J connectivity index is 2.22. The van der Waals surface area contributed by atoms with Gasteiger partial charge in [-0.25, -0.2) is 0 Å². The van der Waals surface area contributed by atoms with E-state index in [9.17, 15) is 0 Å². The monoisotopic (exact) mass is 140 g/mol. The largest absolute Gasteiger partial charge is 0.122 e. The van der Waals surface area contributed by atoms with Crippen LogP contribution in [0.4, 0.5) is 0 Å². The smallest absolute Gasteiger partial charge is 0.0439 e. The maximum atomic E-state index is 5.70. The molecule has 2 aliphatic rings. The van der Waals surface area contributed by atoms with Crippen molar-refractivity contribution in [2.75, 3.05) is 5.88 Å². The van der Waals surface area contributed by atoms with Crippen LogP contribution in [0.1, 0.15) is 6.42 Å². The number of fused-ring (bicyclic) bond motifs is 2. The Morgan fingerprint density at radius 1 is 1.56 bits per heavy atom. The van der Waals surface area contributed by atoms with E-state index in [2.05, 4.69) is 18.2 Å². The van der Waals surface area contributed by atoms with Gasteiger partial charge in [-0.15, -0.1) is 11.6 Å². The van der Waals surface area contributed by atoms with Crippen LogP contribution in [0.25, 0.3) is 0 Å². The van der Waals surface area contributed by atoms with Crippen molar-refractivity contribution >= 4 is 11.6 Å². The molecule has 0 saturated heterocycles. The first-order valence-electron chi connectivity index (χ1n) is 3.35. The summed E-state index contributed by atoms with van der Waals surface area (Å²) in [6.07, 6.45) is 8.16. The normalized spacial score (nSPS) is 37.7. The van der Waals surface area contributed by atoms with Crippen molar-refractivity contribution in [3.05, 3.63) is 23.8 Å². The van der Waals surface area contributed by atoms with Crippen LogP contribution in [0.15, 0.2) is 23.8 Å². The summed E-state index contributed by atoms with van der Waals surface area (Å²) in [6.45, 7) is 0. The van der Waals surface area contributed by atoms with Gasteiger partial charge in [0.1, 0.15) is 0 Å². The molecule has 0 saturated carbocycles. The van der Waals surface area contributed by atoms with Gasteiger partial charge in [0.05, 0.1) is 0 Å². The van der Waals surface area contributed by atoms with Gasteiger partial charge in [0.25, 0.3) is 0 Å². The van der Waals surface area contributed by atoms with Gasteiger partial charge in [-0.05, 0) is 18.3 Å². The number of hydrogen-bond donors (Lipinski definition) is 0. The summed E-state index contributed by atoms with van der Waals surface area (Å²) in [4.78, 5) is 0. The first kappa shape index (κ1) is 5.55. The fraction of sp³-hybridized carbons (Fsp3) is 0.500. The maximum absolute atomic E-state index is 5.70. The highest BCUT2D eigenvalue weighted by molar-refractivity contribution is 6.19. The predicted molar refractivity (Wildman–Crippen MR) is 39.5 cm³/mol. The highest BCUT2D eigenvalue weighted by atomic mass is 35.5. The SMILES string of the molecule is ClCC1=CC2C=CC1C2. The number of allylic oxidation sites excluding steroid dienone is 4. The van der Waals surface area contributed by atoms with E-state index in [4.69, 9.17) is 11.6 Å². The van der Waals surface area contributed by atoms with Crippen molar-refractivity contribution in [2.45, 2.75) is 6.42 Å². The van der Waals surface area contributed by atoms with E-state index in [-0.39, 0.29) is 0 Å². The van der Waals surface area contributed by atoms with Crippen molar-refractivity contribution in [3.63, 3.8) is 0 Å². The average molecular weight is 141 g/mol. The molecule has 0 spiro atoms. The molecule has 0 aromatic rings. The summed E-state index contributed by atoms with van der Waals surface area (Å²) in [7, 11) is 0. The first-order valence-corrected chi connectivity index (χ1v) is 3.88. The third kappa shape index (κ3) is 0.734. The Labute approximate surface area is 60.2 Å². The van der Waals surface area contributed by atoms with Gasteiger partial charge >= 0.3 is 0 Å². The highest BCUT2D eigenvalue weighted by Crippen LogP contribution is 2.38. The van der Waals surface area contributed by atoms with E-state index < -0.39 is 0 Å². The summed E-state index contributed by atoms with van der Waals surface area (Å²) in [6, 6.07) is 0. The summed E-state index contributed by atoms with van der Waals surface area (Å²) < 4.78 is 0. The van der Waals surface area contributed by atoms with Gasteiger partial charge < -0.3 is 0 Å². The Morgan fingerprint density at radius 3 is 2.78 bits per heavy atom. The second kappa shape index (κ2) is 1.88. The van der Waals surface area contributed by atoms with E-state index in [0.717, 1.165) is 11.8 Å². The van der Waals surface area contributed by atoms with Crippen molar-refractivity contribution < 1.29 is 0 Å². The van der Waals surface area contributed by atoms with Crippen LogP contribution in [-0.2, 0) is 0 Å². The Hall–Kier alpha value is -0.230. The van der Waals surface area contributed by atoms with Gasteiger partial charge in [-0.2, -0.15) is 0 Å². The molecule has 9 heavy (non-hydrogen) atoms. The van der Waals surface area contributed by atoms with Crippen molar-refractivity contribution in [2.24, 2.45) is 11.8 Å². The van der Waals surface area contributed by atoms with Crippen molar-refractivity contribution in [3.8, 4) is 0 Å². The van der Waals surface area contributed by atoms with Gasteiger partial charge in [0, 0.05) is 5.88 Å². The van der Waals surface area contributed by atoms with E-state index in [1.165, 1.54) is 12.0 Å². The lowest BCUT2D eigenvalue weighted by atomic mass is 10.1. The molecule has 0 nitrogen and oxygen atoms in total. The Bertz CT molecular complexity index is 179. The van der Waals surface area contributed by atoms with Crippen LogP contribution in [0.3, 0.4) is 0 Å². The fourth-order valence-electron chi connectivity index (χ4n) is 1.67. The molecule has 2 rings (SSSR count). The molecular weight excluding hydrogens is 132 g/mol. The minimum atomic E-state index is 0.701. The van der Waals surface area contributed by atoms with Crippen LogP contribution in [0.2, 0.25) is 0 Å². The fourth-order valence-corrected chi connectivity index (χ4v) is 1.96. The molecule has 1 heteroatoms. The van der Waals surface area contributed by atoms with Crippen LogP contribution in [-0.4, -0.2) is 5.88 Å². The topological polar surface area (TPSA) is 0 Å². The molecule has 0 aromatic carbocycles. The molecule has 48 valence electrons. The molecule has 0 fully saturated rings. The number of alkyl halides is 1. The van der Waals surface area contributed by atoms with Gasteiger partial charge in [0.2, 0.25) is 0 Å². The molecule has 0 heterocycles. The molecule has 0 radical (unpaired) electrons. The minimum Gasteiger partial charge on any atom is -0.122 e. The zero-order valence-electron chi connectivity index (χ0n) is 5.18. The highest BCUT2D eigenvalue weighted by Gasteiger charge is 2.26. The lowest BCUT2D eigenvalue weighted by molar-refractivity contribution is 0.715. The van der Waals surface area contributed by atoms with E-state index >= 15 is 0 Å². The summed E-state index contributed by atoms with van der Waals surface area (Å²) in [5.41, 5.74) is 1.43. The zero-order valence-corrected chi connectivity index (χ0v) is 5.93. The molecule has 0 aliphatic heterocycles. The van der Waals surface area contributed by atoms with E-state index in [0.29, 0.717) is 5.92 Å². The van der Waals surface area contributed by atoms with Crippen LogP contribution >= 0.6 is 11.6 Å². The molecule has 2 bridgehead atoms. The van der Waals surface area contributed by atoms with Crippen LogP contribution in [0.5, 0.6) is 0 Å².